The van der Waals surface area contributed by atoms with E-state index in [9.17, 15) is 35.5 Å². The zero-order chi connectivity index (χ0) is 34.2. The van der Waals surface area contributed by atoms with Gasteiger partial charge in [0.15, 0.2) is 5.25 Å². The Hall–Kier alpha value is -0.280. The number of esters is 2. The predicted octanol–water partition coefficient (Wildman–Crippen LogP) is 4.83. The fourth-order valence-corrected chi connectivity index (χ4v) is 5.47. The minimum atomic E-state index is -4.73. The number of carbonyl (C=O) groups excluding carboxylic acids is 2. The first-order valence-corrected chi connectivity index (χ1v) is 20.1. The summed E-state index contributed by atoms with van der Waals surface area (Å²) in [5.74, 6) is -1.93. The van der Waals surface area contributed by atoms with Crippen molar-refractivity contribution >= 4 is 32.5 Å². The summed E-state index contributed by atoms with van der Waals surface area (Å²) < 4.78 is 76.5. The molecule has 14 heteroatoms. The van der Waals surface area contributed by atoms with Crippen molar-refractivity contribution in [3.8, 4) is 0 Å². The first-order valence-electron chi connectivity index (χ1n) is 17.3. The van der Waals surface area contributed by atoms with Crippen LogP contribution in [0.3, 0.4) is 0 Å². The SMILES string of the molecule is CCCCCCCCCCCCOS(=O)(=O)[O-].CCCCCCCCOC(=O)CC(C(=O)OCCCCCCCC)S(=O)(=O)O.[Na+]. The third kappa shape index (κ3) is 38.2. The molecule has 1 atom stereocenters. The molecule has 0 aliphatic heterocycles. The van der Waals surface area contributed by atoms with Gasteiger partial charge in [-0.2, -0.15) is 8.42 Å². The van der Waals surface area contributed by atoms with E-state index >= 15 is 0 Å². The molecule has 0 fully saturated rings. The molecule has 0 aliphatic rings. The van der Waals surface area contributed by atoms with E-state index in [1.54, 1.807) is 0 Å². The second-order valence-corrected chi connectivity index (χ2v) is 14.2. The van der Waals surface area contributed by atoms with Crippen LogP contribution < -0.4 is 29.6 Å². The van der Waals surface area contributed by atoms with Gasteiger partial charge in [-0.05, 0) is 19.3 Å². The average Bonchev–Trinajstić information content (AvgIpc) is 2.97. The van der Waals surface area contributed by atoms with Crippen molar-refractivity contribution < 1.29 is 78.7 Å². The molecule has 46 heavy (non-hydrogen) atoms. The van der Waals surface area contributed by atoms with Crippen LogP contribution in [-0.4, -0.2) is 63.0 Å². The van der Waals surface area contributed by atoms with E-state index in [2.05, 4.69) is 25.0 Å². The normalized spacial score (nSPS) is 12.0. The topological polar surface area (TPSA) is 173 Å². The molecule has 0 aromatic carbocycles. The molecule has 0 rings (SSSR count). The zero-order valence-electron chi connectivity index (χ0n) is 29.3. The molecule has 0 saturated heterocycles. The van der Waals surface area contributed by atoms with Crippen molar-refractivity contribution in [2.45, 2.75) is 174 Å². The Kier molecular flexibility index (Phi) is 37.7. The van der Waals surface area contributed by atoms with Crippen LogP contribution in [0.15, 0.2) is 0 Å². The van der Waals surface area contributed by atoms with Crippen LogP contribution in [0.4, 0.5) is 0 Å². The first-order chi connectivity index (χ1) is 21.4. The molecule has 0 heterocycles. The maximum absolute atomic E-state index is 12.0. The van der Waals surface area contributed by atoms with Crippen LogP contribution in [0.2, 0.25) is 0 Å². The molecule has 0 spiro atoms. The van der Waals surface area contributed by atoms with Crippen LogP contribution in [0.5, 0.6) is 0 Å². The Morgan fingerprint density at radius 2 is 0.891 bits per heavy atom. The summed E-state index contributed by atoms with van der Waals surface area (Å²) in [4.78, 5) is 23.8. The van der Waals surface area contributed by atoms with Crippen LogP contribution >= 0.6 is 0 Å². The maximum Gasteiger partial charge on any atom is 1.00 e. The van der Waals surface area contributed by atoms with Gasteiger partial charge in [0.05, 0.1) is 26.2 Å². The van der Waals surface area contributed by atoms with Crippen LogP contribution in [0.25, 0.3) is 0 Å². The van der Waals surface area contributed by atoms with E-state index < -0.39 is 44.1 Å². The Morgan fingerprint density at radius 3 is 1.24 bits per heavy atom. The Labute approximate surface area is 303 Å². The van der Waals surface area contributed by atoms with E-state index in [-0.39, 0.29) is 49.4 Å². The summed E-state index contributed by atoms with van der Waals surface area (Å²) in [6, 6.07) is 0. The summed E-state index contributed by atoms with van der Waals surface area (Å²) >= 11 is 0. The molecule has 1 N–H and O–H groups in total. The van der Waals surface area contributed by atoms with Crippen LogP contribution in [0.1, 0.15) is 168 Å². The van der Waals surface area contributed by atoms with Gasteiger partial charge in [0.25, 0.3) is 10.1 Å². The zero-order valence-corrected chi connectivity index (χ0v) is 32.9. The van der Waals surface area contributed by atoms with Crippen molar-refractivity contribution in [3.05, 3.63) is 0 Å². The van der Waals surface area contributed by atoms with Crippen LogP contribution in [0, 0.1) is 0 Å². The van der Waals surface area contributed by atoms with Crippen molar-refractivity contribution in [2.75, 3.05) is 19.8 Å². The average molecular weight is 711 g/mol. The van der Waals surface area contributed by atoms with Crippen molar-refractivity contribution in [2.24, 2.45) is 0 Å². The van der Waals surface area contributed by atoms with Crippen molar-refractivity contribution in [3.63, 3.8) is 0 Å². The van der Waals surface area contributed by atoms with E-state index in [4.69, 9.17) is 9.47 Å². The number of unbranched alkanes of at least 4 members (excludes halogenated alkanes) is 19. The quantitative estimate of drug-likeness (QED) is 0.0356. The number of rotatable bonds is 30. The predicted molar refractivity (Wildman–Crippen MR) is 176 cm³/mol. The van der Waals surface area contributed by atoms with E-state index in [1.165, 1.54) is 51.4 Å². The summed E-state index contributed by atoms with van der Waals surface area (Å²) in [6.45, 7) is 6.74. The molecule has 0 aromatic rings. The largest absolute Gasteiger partial charge is 1.00 e. The summed E-state index contributed by atoms with van der Waals surface area (Å²) in [5, 5.41) is -1.93. The molecule has 0 aromatic heterocycles. The standard InChI is InChI=1S/C20H38O7S.C12H26O4S.Na/c1-3-5-7-9-11-13-15-26-19(21)17-18(28(23,24)25)20(22)27-16-14-12-10-8-6-4-2;1-2-3-4-5-6-7-8-9-10-11-12-16-17(13,14)15;/h18H,3-17H2,1-2H3,(H,23,24,25);2-12H2,1H3,(H,13,14,15);/q;;+1/p-1. The number of hydrogen-bond donors (Lipinski definition) is 1. The minimum absolute atomic E-state index is 0. The second-order valence-electron chi connectivity index (χ2n) is 11.5. The van der Waals surface area contributed by atoms with Gasteiger partial charge in [-0.25, -0.2) is 8.42 Å². The van der Waals surface area contributed by atoms with Crippen LogP contribution in [-0.2, 0) is 43.8 Å². The second kappa shape index (κ2) is 34.6. The fraction of sp³-hybridized carbons (Fsp3) is 0.938. The minimum Gasteiger partial charge on any atom is -0.726 e. The van der Waals surface area contributed by atoms with Gasteiger partial charge in [-0.15, -0.1) is 0 Å². The fourth-order valence-electron chi connectivity index (χ4n) is 4.49. The molecule has 1 unspecified atom stereocenters. The Morgan fingerprint density at radius 1 is 0.565 bits per heavy atom. The Balaban J connectivity index is -0.000000882. The summed E-state index contributed by atoms with van der Waals surface area (Å²) in [7, 11) is -9.22. The summed E-state index contributed by atoms with van der Waals surface area (Å²) in [5.41, 5.74) is 0. The molecule has 270 valence electrons. The molecule has 0 bridgehead atoms. The Bertz CT molecular complexity index is 913. The van der Waals surface area contributed by atoms with Crippen molar-refractivity contribution in [1.82, 2.24) is 0 Å². The van der Waals surface area contributed by atoms with Gasteiger partial charge in [-0.3, -0.25) is 18.3 Å². The smallest absolute Gasteiger partial charge is 0.726 e. The third-order valence-corrected chi connectivity index (χ3v) is 8.74. The summed E-state index contributed by atoms with van der Waals surface area (Å²) in [6.07, 6.45) is 23.0. The molecule has 0 aliphatic carbocycles. The van der Waals surface area contributed by atoms with Gasteiger partial charge in [0, 0.05) is 0 Å². The molecule has 0 amide bonds. The van der Waals surface area contributed by atoms with Gasteiger partial charge in [0.2, 0.25) is 10.4 Å². The molecular weight excluding hydrogens is 647 g/mol. The number of hydrogen-bond acceptors (Lipinski definition) is 10. The van der Waals surface area contributed by atoms with Gasteiger partial charge >= 0.3 is 41.5 Å². The molecule has 0 saturated carbocycles. The van der Waals surface area contributed by atoms with E-state index in [1.807, 2.05) is 0 Å². The van der Waals surface area contributed by atoms with Gasteiger partial charge in [0.1, 0.15) is 0 Å². The maximum atomic E-state index is 12.0. The monoisotopic (exact) mass is 710 g/mol. The molecule has 0 radical (unpaired) electrons. The van der Waals surface area contributed by atoms with E-state index in [0.717, 1.165) is 70.6 Å². The third-order valence-electron chi connectivity index (χ3n) is 7.20. The van der Waals surface area contributed by atoms with Gasteiger partial charge < -0.3 is 14.0 Å². The molecular formula is C32H63NaO11S2. The van der Waals surface area contributed by atoms with Gasteiger partial charge in [-0.1, -0.05) is 143 Å². The first kappa shape index (κ1) is 50.1. The molecule has 11 nitrogen and oxygen atoms in total. The number of ether oxygens (including phenoxy) is 2. The van der Waals surface area contributed by atoms with Crippen molar-refractivity contribution in [1.29, 1.82) is 0 Å². The van der Waals surface area contributed by atoms with E-state index in [0.29, 0.717) is 19.3 Å². The number of carbonyl (C=O) groups is 2.